The highest BCUT2D eigenvalue weighted by Crippen LogP contribution is 2.29. The van der Waals surface area contributed by atoms with Crippen LogP contribution in [0.1, 0.15) is 48.8 Å². The van der Waals surface area contributed by atoms with E-state index in [4.69, 9.17) is 16.9 Å². The molecule has 0 fully saturated rings. The number of carbonyl (C=O) groups excluding carboxylic acids is 1. The second-order valence-corrected chi connectivity index (χ2v) is 6.21. The van der Waals surface area contributed by atoms with E-state index in [0.29, 0.717) is 29.3 Å². The van der Waals surface area contributed by atoms with Crippen LogP contribution in [-0.2, 0) is 6.54 Å². The van der Waals surface area contributed by atoms with Crippen molar-refractivity contribution in [3.63, 3.8) is 0 Å². The Morgan fingerprint density at radius 1 is 1.31 bits per heavy atom. The third-order valence-corrected chi connectivity index (χ3v) is 4.82. The molecule has 1 amide bonds. The molecule has 1 N–H and O–H groups in total. The Kier molecular flexibility index (Phi) is 5.01. The number of imidazole rings is 1. The summed E-state index contributed by atoms with van der Waals surface area (Å²) >= 11 is 6.13. The van der Waals surface area contributed by atoms with E-state index in [9.17, 15) is 4.79 Å². The average molecular weight is 370 g/mol. The van der Waals surface area contributed by atoms with E-state index >= 15 is 0 Å². The van der Waals surface area contributed by atoms with Gasteiger partial charge in [-0.25, -0.2) is 4.98 Å². The van der Waals surface area contributed by atoms with E-state index in [1.807, 2.05) is 43.5 Å². The molecular formula is C19H20ClN5O. The van der Waals surface area contributed by atoms with Crippen LogP contribution in [0.5, 0.6) is 0 Å². The van der Waals surface area contributed by atoms with Crippen molar-refractivity contribution in [1.29, 1.82) is 5.26 Å². The van der Waals surface area contributed by atoms with Crippen molar-refractivity contribution in [3.8, 4) is 6.07 Å². The summed E-state index contributed by atoms with van der Waals surface area (Å²) in [5.41, 5.74) is 2.92. The van der Waals surface area contributed by atoms with Crippen LogP contribution in [0.4, 0.5) is 0 Å². The summed E-state index contributed by atoms with van der Waals surface area (Å²) in [6.07, 6.45) is 0. The van der Waals surface area contributed by atoms with Crippen molar-refractivity contribution in [2.45, 2.75) is 33.4 Å². The second kappa shape index (κ2) is 7.22. The van der Waals surface area contributed by atoms with Gasteiger partial charge in [0.2, 0.25) is 0 Å². The first kappa shape index (κ1) is 18.0. The average Bonchev–Trinajstić information content (AvgIpc) is 3.28. The number of benzene rings is 1. The summed E-state index contributed by atoms with van der Waals surface area (Å²) in [5.74, 6) is 0.117. The Labute approximate surface area is 157 Å². The number of hydrogen-bond acceptors (Lipinski definition) is 3. The fourth-order valence-corrected chi connectivity index (χ4v) is 3.49. The normalized spacial score (nSPS) is 15.8. The molecule has 1 unspecified atom stereocenters. The molecule has 0 spiro atoms. The Hall–Kier alpha value is -2.78. The van der Waals surface area contributed by atoms with Gasteiger partial charge in [0.25, 0.3) is 5.91 Å². The van der Waals surface area contributed by atoms with Gasteiger partial charge in [0, 0.05) is 18.8 Å². The summed E-state index contributed by atoms with van der Waals surface area (Å²) in [4.78, 5) is 22.1. The van der Waals surface area contributed by atoms with Gasteiger partial charge in [0.05, 0.1) is 16.6 Å². The molecule has 0 radical (unpaired) electrons. The zero-order chi connectivity index (χ0) is 18.8. The zero-order valence-corrected chi connectivity index (χ0v) is 15.7. The first-order valence-corrected chi connectivity index (χ1v) is 9.02. The molecule has 134 valence electrons. The van der Waals surface area contributed by atoms with Crippen LogP contribution in [0.15, 0.2) is 30.3 Å². The number of H-pyrrole nitrogens is 1. The van der Waals surface area contributed by atoms with Crippen molar-refractivity contribution < 1.29 is 4.79 Å². The van der Waals surface area contributed by atoms with Crippen molar-refractivity contribution >= 4 is 28.5 Å². The molecule has 3 aromatic rings. The molecule has 0 saturated carbocycles. The molecule has 0 bridgehead atoms. The fraction of sp³-hybridized carbons (Fsp3) is 0.316. The predicted molar refractivity (Wildman–Crippen MR) is 101 cm³/mol. The summed E-state index contributed by atoms with van der Waals surface area (Å²) in [5, 5.41) is 9.67. The van der Waals surface area contributed by atoms with Gasteiger partial charge < -0.3 is 14.5 Å². The topological polar surface area (TPSA) is 77.7 Å². The molecule has 1 aliphatic rings. The molecule has 26 heavy (non-hydrogen) atoms. The standard InChI is InChI=1S/C17H14ClN5O.C2H6/c1-10-14-6-5-11(9-19)23(14)8-7-22(10)17(24)16-20-13-4-2-3-12(18)15(13)21-16;1-2/h2-6,10H,7-8H2,1H3,(H,20,21);1-2H3. The van der Waals surface area contributed by atoms with E-state index in [-0.39, 0.29) is 17.8 Å². The highest BCUT2D eigenvalue weighted by molar-refractivity contribution is 6.35. The van der Waals surface area contributed by atoms with Gasteiger partial charge in [-0.05, 0) is 31.2 Å². The molecule has 0 aliphatic carbocycles. The summed E-state index contributed by atoms with van der Waals surface area (Å²) in [6.45, 7) is 7.09. The van der Waals surface area contributed by atoms with E-state index in [1.165, 1.54) is 0 Å². The number of nitrogens with zero attached hydrogens (tertiary/aromatic N) is 4. The van der Waals surface area contributed by atoms with Gasteiger partial charge in [-0.2, -0.15) is 5.26 Å². The number of aromatic nitrogens is 3. The lowest BCUT2D eigenvalue weighted by atomic mass is 10.1. The molecule has 1 aliphatic heterocycles. The van der Waals surface area contributed by atoms with E-state index in [1.54, 1.807) is 17.0 Å². The Balaban J connectivity index is 0.000000948. The number of nitrogens with one attached hydrogen (secondary N) is 1. The maximum Gasteiger partial charge on any atom is 0.290 e. The van der Waals surface area contributed by atoms with E-state index in [0.717, 1.165) is 11.2 Å². The molecule has 3 heterocycles. The number of nitriles is 1. The van der Waals surface area contributed by atoms with Gasteiger partial charge in [-0.3, -0.25) is 4.79 Å². The SMILES string of the molecule is CC.CC1c2ccc(C#N)n2CCN1C(=O)c1nc2c(Cl)cccc2[nH]1. The lowest BCUT2D eigenvalue weighted by Gasteiger charge is -2.34. The molecule has 0 saturated heterocycles. The van der Waals surface area contributed by atoms with Crippen LogP contribution in [0, 0.1) is 11.3 Å². The molecule has 6 nitrogen and oxygen atoms in total. The minimum atomic E-state index is -0.166. The van der Waals surface area contributed by atoms with Crippen LogP contribution >= 0.6 is 11.6 Å². The Morgan fingerprint density at radius 3 is 2.77 bits per heavy atom. The van der Waals surface area contributed by atoms with Crippen LogP contribution in [0.2, 0.25) is 5.02 Å². The molecule has 2 aromatic heterocycles. The monoisotopic (exact) mass is 369 g/mol. The van der Waals surface area contributed by atoms with E-state index in [2.05, 4.69) is 16.0 Å². The quantitative estimate of drug-likeness (QED) is 0.700. The number of hydrogen-bond donors (Lipinski definition) is 1. The molecular weight excluding hydrogens is 350 g/mol. The van der Waals surface area contributed by atoms with Gasteiger partial charge in [0.1, 0.15) is 17.3 Å². The second-order valence-electron chi connectivity index (χ2n) is 5.80. The third kappa shape index (κ3) is 2.85. The summed E-state index contributed by atoms with van der Waals surface area (Å²) in [6, 6.07) is 11.2. The van der Waals surface area contributed by atoms with Crippen molar-refractivity contribution in [2.75, 3.05) is 6.54 Å². The first-order chi connectivity index (χ1) is 12.6. The van der Waals surface area contributed by atoms with Crippen molar-refractivity contribution in [2.24, 2.45) is 0 Å². The number of para-hydroxylation sites is 1. The Bertz CT molecular complexity index is 997. The molecule has 7 heteroatoms. The lowest BCUT2D eigenvalue weighted by Crippen LogP contribution is -2.41. The third-order valence-electron chi connectivity index (χ3n) is 4.52. The number of amides is 1. The highest BCUT2D eigenvalue weighted by atomic mass is 35.5. The smallest absolute Gasteiger partial charge is 0.290 e. The summed E-state index contributed by atoms with van der Waals surface area (Å²) in [7, 11) is 0. The number of halogens is 1. The van der Waals surface area contributed by atoms with Crippen molar-refractivity contribution in [3.05, 3.63) is 52.6 Å². The van der Waals surface area contributed by atoms with E-state index < -0.39 is 0 Å². The number of aromatic amines is 1. The predicted octanol–water partition coefficient (Wildman–Crippen LogP) is 4.13. The Morgan fingerprint density at radius 2 is 2.08 bits per heavy atom. The molecule has 1 aromatic carbocycles. The lowest BCUT2D eigenvalue weighted by molar-refractivity contribution is 0.0632. The number of fused-ring (bicyclic) bond motifs is 2. The van der Waals surface area contributed by atoms with Crippen LogP contribution in [0.3, 0.4) is 0 Å². The number of carbonyl (C=O) groups is 1. The van der Waals surface area contributed by atoms with Gasteiger partial charge in [-0.1, -0.05) is 31.5 Å². The maximum absolute atomic E-state index is 12.9. The van der Waals surface area contributed by atoms with Crippen LogP contribution < -0.4 is 0 Å². The molecule has 1 atom stereocenters. The minimum absolute atomic E-state index is 0.128. The largest absolute Gasteiger partial charge is 0.334 e. The fourth-order valence-electron chi connectivity index (χ4n) is 3.27. The number of rotatable bonds is 1. The van der Waals surface area contributed by atoms with Gasteiger partial charge in [0.15, 0.2) is 5.82 Å². The van der Waals surface area contributed by atoms with Gasteiger partial charge >= 0.3 is 0 Å². The maximum atomic E-state index is 12.9. The first-order valence-electron chi connectivity index (χ1n) is 8.65. The summed E-state index contributed by atoms with van der Waals surface area (Å²) < 4.78 is 1.96. The minimum Gasteiger partial charge on any atom is -0.334 e. The zero-order valence-electron chi connectivity index (χ0n) is 15.0. The van der Waals surface area contributed by atoms with Crippen molar-refractivity contribution in [1.82, 2.24) is 19.4 Å². The van der Waals surface area contributed by atoms with Gasteiger partial charge in [-0.15, -0.1) is 0 Å². The van der Waals surface area contributed by atoms with Crippen LogP contribution in [-0.4, -0.2) is 31.9 Å². The molecule has 4 rings (SSSR count). The highest BCUT2D eigenvalue weighted by Gasteiger charge is 2.31. The van der Waals surface area contributed by atoms with Crippen LogP contribution in [0.25, 0.3) is 11.0 Å².